The lowest BCUT2D eigenvalue weighted by Gasteiger charge is -2.21. The monoisotopic (exact) mass is 256 g/mol. The number of rotatable bonds is 3. The van der Waals surface area contributed by atoms with Gasteiger partial charge in [0.15, 0.2) is 5.78 Å². The molecule has 1 fully saturated rings. The number of halogens is 1. The number of nitrogens with zero attached hydrogens (tertiary/aromatic N) is 2. The molecule has 1 aliphatic rings. The fourth-order valence-corrected chi connectivity index (χ4v) is 2.37. The average molecular weight is 257 g/mol. The molecule has 1 aromatic rings. The van der Waals surface area contributed by atoms with Gasteiger partial charge in [-0.05, 0) is 26.2 Å². The van der Waals surface area contributed by atoms with Crippen LogP contribution in [0.25, 0.3) is 0 Å². The maximum absolute atomic E-state index is 12.1. The molecular weight excluding hydrogens is 240 g/mol. The van der Waals surface area contributed by atoms with E-state index in [9.17, 15) is 4.79 Å². The van der Waals surface area contributed by atoms with Gasteiger partial charge in [0.05, 0.1) is 22.8 Å². The first-order valence-corrected chi connectivity index (χ1v) is 6.29. The van der Waals surface area contributed by atoms with Crippen LogP contribution in [0.1, 0.15) is 30.7 Å². The van der Waals surface area contributed by atoms with Crippen molar-refractivity contribution in [3.63, 3.8) is 0 Å². The van der Waals surface area contributed by atoms with Crippen LogP contribution in [-0.4, -0.2) is 28.3 Å². The molecule has 0 spiro atoms. The molecular formula is C12H17ClN2O2. The Morgan fingerprint density at radius 2 is 2.35 bits per heavy atom. The second-order valence-corrected chi connectivity index (χ2v) is 4.85. The van der Waals surface area contributed by atoms with Crippen molar-refractivity contribution in [1.29, 1.82) is 0 Å². The molecule has 0 amide bonds. The second kappa shape index (κ2) is 5.19. The van der Waals surface area contributed by atoms with Crippen molar-refractivity contribution in [1.82, 2.24) is 9.78 Å². The molecule has 0 aliphatic carbocycles. The van der Waals surface area contributed by atoms with E-state index in [-0.39, 0.29) is 11.9 Å². The summed E-state index contributed by atoms with van der Waals surface area (Å²) in [4.78, 5) is 12.1. The zero-order chi connectivity index (χ0) is 12.4. The van der Waals surface area contributed by atoms with Crippen LogP contribution in [0.5, 0.6) is 0 Å². The number of hydrogen-bond donors (Lipinski definition) is 0. The van der Waals surface area contributed by atoms with Gasteiger partial charge in [-0.3, -0.25) is 9.48 Å². The van der Waals surface area contributed by atoms with Gasteiger partial charge in [0.1, 0.15) is 6.10 Å². The van der Waals surface area contributed by atoms with Crippen molar-refractivity contribution < 1.29 is 9.53 Å². The molecule has 2 heterocycles. The van der Waals surface area contributed by atoms with Gasteiger partial charge in [-0.2, -0.15) is 5.10 Å². The van der Waals surface area contributed by atoms with E-state index in [0.717, 1.165) is 30.7 Å². The summed E-state index contributed by atoms with van der Waals surface area (Å²) in [5.74, 6) is 0.106. The van der Waals surface area contributed by atoms with Crippen LogP contribution in [0, 0.1) is 6.92 Å². The molecule has 94 valence electrons. The van der Waals surface area contributed by atoms with E-state index in [4.69, 9.17) is 16.3 Å². The molecule has 0 N–H and O–H groups in total. The van der Waals surface area contributed by atoms with Crippen molar-refractivity contribution in [3.05, 3.63) is 16.4 Å². The van der Waals surface area contributed by atoms with Crippen LogP contribution in [0.15, 0.2) is 0 Å². The maximum Gasteiger partial charge on any atom is 0.167 e. The average Bonchev–Trinajstić information content (AvgIpc) is 2.57. The SMILES string of the molecule is Cc1nn(C)c(CC(=O)C2CCCCO2)c1Cl. The maximum atomic E-state index is 12.1. The van der Waals surface area contributed by atoms with E-state index in [1.807, 2.05) is 14.0 Å². The van der Waals surface area contributed by atoms with E-state index in [1.165, 1.54) is 0 Å². The Labute approximate surface area is 106 Å². The molecule has 1 aliphatic heterocycles. The van der Waals surface area contributed by atoms with E-state index < -0.39 is 0 Å². The number of ketones is 1. The minimum atomic E-state index is -0.255. The lowest BCUT2D eigenvalue weighted by molar-refractivity contribution is -0.132. The van der Waals surface area contributed by atoms with Gasteiger partial charge < -0.3 is 4.74 Å². The molecule has 0 radical (unpaired) electrons. The summed E-state index contributed by atoms with van der Waals surface area (Å²) in [5.41, 5.74) is 1.55. The summed E-state index contributed by atoms with van der Waals surface area (Å²) in [7, 11) is 1.81. The second-order valence-electron chi connectivity index (χ2n) is 4.47. The quantitative estimate of drug-likeness (QED) is 0.832. The predicted octanol–water partition coefficient (Wildman–Crippen LogP) is 2.06. The minimum absolute atomic E-state index is 0.106. The summed E-state index contributed by atoms with van der Waals surface area (Å²) in [5, 5.41) is 4.79. The van der Waals surface area contributed by atoms with Gasteiger partial charge in [0, 0.05) is 13.7 Å². The third kappa shape index (κ3) is 2.69. The molecule has 2 rings (SSSR count). The molecule has 5 heteroatoms. The van der Waals surface area contributed by atoms with Crippen molar-refractivity contribution in [2.45, 2.75) is 38.7 Å². The molecule has 0 aromatic carbocycles. The molecule has 1 unspecified atom stereocenters. The standard InChI is InChI=1S/C12H17ClN2O2/c1-8-12(13)9(15(2)14-8)7-10(16)11-5-3-4-6-17-11/h11H,3-7H2,1-2H3. The molecule has 0 bridgehead atoms. The van der Waals surface area contributed by atoms with Gasteiger partial charge >= 0.3 is 0 Å². The summed E-state index contributed by atoms with van der Waals surface area (Å²) in [6.07, 6.45) is 2.99. The normalized spacial score (nSPS) is 20.5. The number of carbonyl (C=O) groups is 1. The molecule has 1 saturated heterocycles. The van der Waals surface area contributed by atoms with Crippen molar-refractivity contribution >= 4 is 17.4 Å². The Morgan fingerprint density at radius 3 is 2.88 bits per heavy atom. The summed E-state index contributed by atoms with van der Waals surface area (Å²) in [6.45, 7) is 2.53. The van der Waals surface area contributed by atoms with E-state index in [2.05, 4.69) is 5.10 Å². The first kappa shape index (κ1) is 12.6. The predicted molar refractivity (Wildman–Crippen MR) is 65.3 cm³/mol. The molecule has 4 nitrogen and oxygen atoms in total. The highest BCUT2D eigenvalue weighted by Crippen LogP contribution is 2.22. The summed E-state index contributed by atoms with van der Waals surface area (Å²) in [6, 6.07) is 0. The zero-order valence-electron chi connectivity index (χ0n) is 10.2. The van der Waals surface area contributed by atoms with Crippen LogP contribution >= 0.6 is 11.6 Å². The number of carbonyl (C=O) groups excluding carboxylic acids is 1. The highest BCUT2D eigenvalue weighted by atomic mass is 35.5. The van der Waals surface area contributed by atoms with Crippen molar-refractivity contribution in [2.75, 3.05) is 6.61 Å². The fourth-order valence-electron chi connectivity index (χ4n) is 2.15. The third-order valence-electron chi connectivity index (χ3n) is 3.14. The Kier molecular flexibility index (Phi) is 3.84. The van der Waals surface area contributed by atoms with Gasteiger partial charge in [-0.15, -0.1) is 0 Å². The number of aromatic nitrogens is 2. The zero-order valence-corrected chi connectivity index (χ0v) is 11.0. The topological polar surface area (TPSA) is 44.1 Å². The first-order chi connectivity index (χ1) is 8.09. The smallest absolute Gasteiger partial charge is 0.167 e. The number of Topliss-reactive ketones (excluding diaryl/α,β-unsaturated/α-hetero) is 1. The number of aryl methyl sites for hydroxylation is 2. The number of hydrogen-bond acceptors (Lipinski definition) is 3. The fraction of sp³-hybridized carbons (Fsp3) is 0.667. The highest BCUT2D eigenvalue weighted by Gasteiger charge is 2.24. The van der Waals surface area contributed by atoms with Crippen LogP contribution in [-0.2, 0) is 23.0 Å². The molecule has 1 aromatic heterocycles. The Bertz CT molecular complexity index is 422. The molecule has 17 heavy (non-hydrogen) atoms. The Hall–Kier alpha value is -0.870. The molecule has 1 atom stereocenters. The number of ether oxygens (including phenoxy) is 1. The molecule has 0 saturated carbocycles. The van der Waals surface area contributed by atoms with E-state index in [0.29, 0.717) is 18.1 Å². The van der Waals surface area contributed by atoms with Crippen molar-refractivity contribution in [3.8, 4) is 0 Å². The first-order valence-electron chi connectivity index (χ1n) is 5.92. The third-order valence-corrected chi connectivity index (χ3v) is 3.63. The van der Waals surface area contributed by atoms with Crippen molar-refractivity contribution in [2.24, 2.45) is 7.05 Å². The van der Waals surface area contributed by atoms with Crippen LogP contribution in [0.4, 0.5) is 0 Å². The van der Waals surface area contributed by atoms with E-state index >= 15 is 0 Å². The van der Waals surface area contributed by atoms with Gasteiger partial charge in [0.25, 0.3) is 0 Å². The lowest BCUT2D eigenvalue weighted by Crippen LogP contribution is -2.30. The van der Waals surface area contributed by atoms with Gasteiger partial charge in [-0.25, -0.2) is 0 Å². The van der Waals surface area contributed by atoms with Crippen LogP contribution in [0.2, 0.25) is 5.02 Å². The largest absolute Gasteiger partial charge is 0.370 e. The minimum Gasteiger partial charge on any atom is -0.370 e. The van der Waals surface area contributed by atoms with Gasteiger partial charge in [0.2, 0.25) is 0 Å². The summed E-state index contributed by atoms with van der Waals surface area (Å²) < 4.78 is 7.16. The Morgan fingerprint density at radius 1 is 1.59 bits per heavy atom. The van der Waals surface area contributed by atoms with Crippen LogP contribution < -0.4 is 0 Å². The van der Waals surface area contributed by atoms with E-state index in [1.54, 1.807) is 4.68 Å². The van der Waals surface area contributed by atoms with Gasteiger partial charge in [-0.1, -0.05) is 11.6 Å². The highest BCUT2D eigenvalue weighted by molar-refractivity contribution is 6.32. The lowest BCUT2D eigenvalue weighted by atomic mass is 10.0. The Balaban J connectivity index is 2.07. The van der Waals surface area contributed by atoms with Crippen LogP contribution in [0.3, 0.4) is 0 Å². The summed E-state index contributed by atoms with van der Waals surface area (Å²) >= 11 is 6.12.